The Hall–Kier alpha value is 0.500. The van der Waals surface area contributed by atoms with Crippen molar-refractivity contribution in [3.63, 3.8) is 0 Å². The highest BCUT2D eigenvalue weighted by atomic mass is 35.5. The van der Waals surface area contributed by atoms with Gasteiger partial charge in [0.15, 0.2) is 0 Å². The van der Waals surface area contributed by atoms with Crippen LogP contribution in [-0.2, 0) is 0 Å². The summed E-state index contributed by atoms with van der Waals surface area (Å²) in [5, 5.41) is 7.09. The fourth-order valence-corrected chi connectivity index (χ4v) is 3.94. The molecule has 3 unspecified atom stereocenters. The van der Waals surface area contributed by atoms with E-state index in [1.807, 2.05) is 0 Å². The van der Waals surface area contributed by atoms with Crippen LogP contribution in [0.1, 0.15) is 60.3 Å². The zero-order valence-corrected chi connectivity index (χ0v) is 14.6. The van der Waals surface area contributed by atoms with Crippen molar-refractivity contribution in [1.29, 1.82) is 0 Å². The van der Waals surface area contributed by atoms with Gasteiger partial charge in [0, 0.05) is 6.04 Å². The van der Waals surface area contributed by atoms with E-state index in [2.05, 4.69) is 45.3 Å². The minimum absolute atomic E-state index is 0.197. The van der Waals surface area contributed by atoms with E-state index in [4.69, 9.17) is 23.2 Å². The van der Waals surface area contributed by atoms with Gasteiger partial charge in [-0.05, 0) is 51.1 Å². The van der Waals surface area contributed by atoms with Gasteiger partial charge in [0.25, 0.3) is 0 Å². The van der Waals surface area contributed by atoms with Crippen molar-refractivity contribution >= 4 is 23.2 Å². The molecule has 1 saturated carbocycles. The van der Waals surface area contributed by atoms with Gasteiger partial charge >= 0.3 is 0 Å². The average molecular weight is 309 g/mol. The van der Waals surface area contributed by atoms with Gasteiger partial charge in [0.05, 0.1) is 4.87 Å². The normalized spacial score (nSPS) is 38.4. The van der Waals surface area contributed by atoms with Crippen LogP contribution in [0.5, 0.6) is 0 Å². The van der Waals surface area contributed by atoms with Crippen molar-refractivity contribution in [2.45, 2.75) is 76.2 Å². The molecule has 1 aliphatic carbocycles. The van der Waals surface area contributed by atoms with Gasteiger partial charge in [0.2, 0.25) is 0 Å². The lowest BCUT2D eigenvalue weighted by Gasteiger charge is -2.55. The Balaban J connectivity index is 2.94. The summed E-state index contributed by atoms with van der Waals surface area (Å²) < 4.78 is 0. The summed E-state index contributed by atoms with van der Waals surface area (Å²) in [6.07, 6.45) is 4.14. The second kappa shape index (κ2) is 6.51. The van der Waals surface area contributed by atoms with Crippen molar-refractivity contribution in [3.05, 3.63) is 0 Å². The summed E-state index contributed by atoms with van der Waals surface area (Å²) in [6.45, 7) is 12.9. The molecule has 2 nitrogen and oxygen atoms in total. The maximum atomic E-state index is 6.92. The number of halogens is 2. The molecule has 0 aromatic rings. The molecule has 0 aliphatic heterocycles. The van der Waals surface area contributed by atoms with Crippen LogP contribution >= 0.6 is 23.2 Å². The van der Waals surface area contributed by atoms with Gasteiger partial charge in [-0.3, -0.25) is 5.32 Å². The van der Waals surface area contributed by atoms with E-state index >= 15 is 0 Å². The Bertz CT molecular complexity index is 292. The SMILES string of the molecule is CCCNC1CC(C)(C)CC(Cl)(NCCC)C1(C)Cl. The van der Waals surface area contributed by atoms with Crippen LogP contribution in [0.25, 0.3) is 0 Å². The van der Waals surface area contributed by atoms with Crippen LogP contribution in [0.2, 0.25) is 0 Å². The molecule has 1 rings (SSSR count). The van der Waals surface area contributed by atoms with Crippen LogP contribution in [0.3, 0.4) is 0 Å². The number of rotatable bonds is 6. The number of hydrogen-bond acceptors (Lipinski definition) is 2. The van der Waals surface area contributed by atoms with Gasteiger partial charge in [-0.15, -0.1) is 23.2 Å². The molecule has 3 atom stereocenters. The first-order valence-electron chi connectivity index (χ1n) is 7.55. The Kier molecular flexibility index (Phi) is 6.01. The van der Waals surface area contributed by atoms with Crippen molar-refractivity contribution in [3.8, 4) is 0 Å². The van der Waals surface area contributed by atoms with Gasteiger partial charge in [-0.25, -0.2) is 0 Å². The van der Waals surface area contributed by atoms with E-state index in [9.17, 15) is 0 Å². The molecule has 0 heterocycles. The molecule has 0 spiro atoms. The molecular formula is C15H30Cl2N2. The quantitative estimate of drug-likeness (QED) is 0.570. The summed E-state index contributed by atoms with van der Waals surface area (Å²) in [7, 11) is 0. The van der Waals surface area contributed by atoms with Crippen LogP contribution in [-0.4, -0.2) is 29.0 Å². The lowest BCUT2D eigenvalue weighted by Crippen LogP contribution is -2.68. The van der Waals surface area contributed by atoms with Crippen molar-refractivity contribution in [2.24, 2.45) is 5.41 Å². The van der Waals surface area contributed by atoms with E-state index in [0.29, 0.717) is 0 Å². The second-order valence-corrected chi connectivity index (χ2v) is 8.29. The number of alkyl halides is 2. The molecule has 0 bridgehead atoms. The first-order chi connectivity index (χ1) is 8.68. The van der Waals surface area contributed by atoms with Crippen LogP contribution in [0.15, 0.2) is 0 Å². The van der Waals surface area contributed by atoms with Gasteiger partial charge in [-0.2, -0.15) is 0 Å². The Morgan fingerprint density at radius 2 is 1.63 bits per heavy atom. The lowest BCUT2D eigenvalue weighted by molar-refractivity contribution is 0.102. The molecule has 0 radical (unpaired) electrons. The third-order valence-corrected chi connectivity index (χ3v) is 5.55. The molecule has 4 heteroatoms. The van der Waals surface area contributed by atoms with E-state index in [-0.39, 0.29) is 11.5 Å². The van der Waals surface area contributed by atoms with Crippen LogP contribution in [0.4, 0.5) is 0 Å². The van der Waals surface area contributed by atoms with E-state index in [1.165, 1.54) is 0 Å². The number of nitrogens with one attached hydrogen (secondary N) is 2. The molecule has 114 valence electrons. The predicted molar refractivity (Wildman–Crippen MR) is 86.2 cm³/mol. The molecular weight excluding hydrogens is 279 g/mol. The Morgan fingerprint density at radius 3 is 2.16 bits per heavy atom. The summed E-state index contributed by atoms with van der Waals surface area (Å²) in [4.78, 5) is -1.02. The second-order valence-electron chi connectivity index (χ2n) is 6.86. The zero-order chi connectivity index (χ0) is 14.7. The summed E-state index contributed by atoms with van der Waals surface area (Å²) in [5.41, 5.74) is 0.197. The molecule has 19 heavy (non-hydrogen) atoms. The zero-order valence-electron chi connectivity index (χ0n) is 13.1. The highest BCUT2D eigenvalue weighted by Gasteiger charge is 2.57. The molecule has 0 amide bonds. The van der Waals surface area contributed by atoms with Crippen LogP contribution < -0.4 is 10.6 Å². The van der Waals surface area contributed by atoms with Gasteiger partial charge in [-0.1, -0.05) is 27.7 Å². The smallest absolute Gasteiger partial charge is 0.115 e. The topological polar surface area (TPSA) is 24.1 Å². The highest BCUT2D eigenvalue weighted by Crippen LogP contribution is 2.51. The van der Waals surface area contributed by atoms with E-state index in [0.717, 1.165) is 38.8 Å². The maximum Gasteiger partial charge on any atom is 0.115 e. The first-order valence-corrected chi connectivity index (χ1v) is 8.30. The average Bonchev–Trinajstić information content (AvgIpc) is 2.29. The highest BCUT2D eigenvalue weighted by molar-refractivity contribution is 6.35. The Morgan fingerprint density at radius 1 is 1.05 bits per heavy atom. The molecule has 1 aliphatic rings. The number of hydrogen-bond donors (Lipinski definition) is 2. The summed E-state index contributed by atoms with van der Waals surface area (Å²) in [5.74, 6) is 0. The third-order valence-electron chi connectivity index (χ3n) is 4.20. The largest absolute Gasteiger partial charge is 0.312 e. The fraction of sp³-hybridized carbons (Fsp3) is 1.00. The maximum absolute atomic E-state index is 6.92. The monoisotopic (exact) mass is 308 g/mol. The predicted octanol–water partition coefficient (Wildman–Crippen LogP) is 4.11. The van der Waals surface area contributed by atoms with E-state index in [1.54, 1.807) is 0 Å². The van der Waals surface area contributed by atoms with Crippen LogP contribution in [0, 0.1) is 5.41 Å². The van der Waals surface area contributed by atoms with Gasteiger partial charge in [0.1, 0.15) is 5.00 Å². The molecule has 0 saturated heterocycles. The van der Waals surface area contributed by atoms with Crippen molar-refractivity contribution < 1.29 is 0 Å². The van der Waals surface area contributed by atoms with E-state index < -0.39 is 9.87 Å². The molecule has 1 fully saturated rings. The first kappa shape index (κ1) is 17.6. The fourth-order valence-electron chi connectivity index (χ4n) is 3.07. The van der Waals surface area contributed by atoms with Gasteiger partial charge < -0.3 is 5.32 Å². The Labute approximate surface area is 129 Å². The minimum atomic E-state index is -0.544. The summed E-state index contributed by atoms with van der Waals surface area (Å²) in [6, 6.07) is 0.236. The molecule has 0 aromatic heterocycles. The van der Waals surface area contributed by atoms with Crippen molar-refractivity contribution in [2.75, 3.05) is 13.1 Å². The molecule has 0 aromatic carbocycles. The standard InChI is InChI=1S/C15H30Cl2N2/c1-6-8-18-12-10-13(3,4)11-15(17,14(12,5)16)19-9-7-2/h12,18-19H,6-11H2,1-5H3. The molecule has 2 N–H and O–H groups in total. The third kappa shape index (κ3) is 4.00. The van der Waals surface area contributed by atoms with Crippen molar-refractivity contribution in [1.82, 2.24) is 10.6 Å². The minimum Gasteiger partial charge on any atom is -0.312 e. The lowest BCUT2D eigenvalue weighted by atomic mass is 9.67. The summed E-state index contributed by atoms with van der Waals surface area (Å²) >= 11 is 13.8.